The number of carboxylic acid groups (broad SMARTS) is 1. The Morgan fingerprint density at radius 1 is 1.25 bits per heavy atom. The predicted molar refractivity (Wildman–Crippen MR) is 25.3 cm³/mol. The maximum atomic E-state index is 11.3. The van der Waals surface area contributed by atoms with E-state index in [0.29, 0.717) is 0 Å². The smallest absolute Gasteiger partial charge is 0.542 e. The summed E-state index contributed by atoms with van der Waals surface area (Å²) in [5.74, 6) is -3.60. The largest absolute Gasteiger partial charge is 1.00 e. The van der Waals surface area contributed by atoms with Crippen LogP contribution in [0.15, 0.2) is 0 Å². The molecule has 0 N–H and O–H groups in total. The van der Waals surface area contributed by atoms with Crippen molar-refractivity contribution in [2.45, 2.75) is 19.0 Å². The first kappa shape index (κ1) is 14.5. The molecule has 0 aromatic rings. The number of rotatable bonds is 3. The molecule has 0 aliphatic carbocycles. The molecule has 0 radical (unpaired) electrons. The Bertz CT molecular complexity index is 177. The van der Waals surface area contributed by atoms with Gasteiger partial charge in [-0.05, 0) is 0 Å². The summed E-state index contributed by atoms with van der Waals surface area (Å²) in [5, 5.41) is 9.59. The molecule has 64 valence electrons. The molecule has 0 aromatic carbocycles. The molecule has 0 saturated heterocycles. The fraction of sp³-hybridized carbons (Fsp3) is 0.600. The number of Topliss-reactive ketones (excluding diaryl/α,β-unsaturated/α-hetero) is 1. The van der Waals surface area contributed by atoms with Gasteiger partial charge in [-0.15, -0.1) is 0 Å². The molecular formula is C5H4F3NaO3. The molecule has 0 aliphatic heterocycles. The minimum absolute atomic E-state index is 0. The van der Waals surface area contributed by atoms with Crippen molar-refractivity contribution in [3.63, 3.8) is 0 Å². The summed E-state index contributed by atoms with van der Waals surface area (Å²) >= 11 is 0. The van der Waals surface area contributed by atoms with Gasteiger partial charge in [-0.2, -0.15) is 13.2 Å². The molecule has 0 saturated carbocycles. The van der Waals surface area contributed by atoms with Crippen LogP contribution >= 0.6 is 0 Å². The number of ketones is 1. The van der Waals surface area contributed by atoms with Crippen molar-refractivity contribution in [2.75, 3.05) is 0 Å². The molecule has 0 atom stereocenters. The average molecular weight is 192 g/mol. The Balaban J connectivity index is 0. The van der Waals surface area contributed by atoms with Gasteiger partial charge in [-0.3, -0.25) is 4.79 Å². The number of aliphatic carboxylic acids is 1. The van der Waals surface area contributed by atoms with E-state index in [0.717, 1.165) is 0 Å². The molecular weight excluding hydrogens is 188 g/mol. The van der Waals surface area contributed by atoms with Crippen LogP contribution in [-0.4, -0.2) is 17.9 Å². The minimum Gasteiger partial charge on any atom is -0.542 e. The molecule has 0 spiro atoms. The Morgan fingerprint density at radius 3 is 1.92 bits per heavy atom. The van der Waals surface area contributed by atoms with E-state index in [9.17, 15) is 27.9 Å². The number of alkyl halides is 3. The Hall–Kier alpha value is -0.0700. The summed E-state index contributed by atoms with van der Waals surface area (Å²) in [5.41, 5.74) is 0. The molecule has 0 unspecified atom stereocenters. The van der Waals surface area contributed by atoms with Gasteiger partial charge in [0.15, 0.2) is 5.78 Å². The van der Waals surface area contributed by atoms with E-state index in [-0.39, 0.29) is 29.6 Å². The van der Waals surface area contributed by atoms with Crippen LogP contribution in [-0.2, 0) is 9.59 Å². The number of halogens is 3. The van der Waals surface area contributed by atoms with Gasteiger partial charge in [-0.1, -0.05) is 0 Å². The monoisotopic (exact) mass is 192 g/mol. The summed E-state index contributed by atoms with van der Waals surface area (Å²) in [7, 11) is 0. The van der Waals surface area contributed by atoms with Crippen LogP contribution in [0.5, 0.6) is 0 Å². The van der Waals surface area contributed by atoms with E-state index in [1.54, 1.807) is 0 Å². The van der Waals surface area contributed by atoms with E-state index in [1.165, 1.54) is 0 Å². The summed E-state index contributed by atoms with van der Waals surface area (Å²) in [6.07, 6.45) is -6.96. The number of carbonyl (C=O) groups is 2. The SMILES string of the molecule is O=C([O-])C(=O)CCC(F)(F)F.[Na+]. The van der Waals surface area contributed by atoms with Crippen molar-refractivity contribution < 1.29 is 57.4 Å². The van der Waals surface area contributed by atoms with E-state index in [4.69, 9.17) is 0 Å². The minimum atomic E-state index is -4.49. The fourth-order valence-corrected chi connectivity index (χ4v) is 0.357. The second-order valence-electron chi connectivity index (χ2n) is 1.83. The molecule has 0 heterocycles. The van der Waals surface area contributed by atoms with Gasteiger partial charge in [0.25, 0.3) is 0 Å². The standard InChI is InChI=1S/C5H5F3O3.Na/c6-5(7,8)2-1-3(9)4(10)11;/h1-2H2,(H,10,11);/q;+1/p-1. The van der Waals surface area contributed by atoms with Crippen molar-refractivity contribution in [2.24, 2.45) is 0 Å². The van der Waals surface area contributed by atoms with Crippen LogP contribution in [0.25, 0.3) is 0 Å². The Morgan fingerprint density at radius 2 is 1.67 bits per heavy atom. The maximum Gasteiger partial charge on any atom is 1.00 e. The van der Waals surface area contributed by atoms with Gasteiger partial charge in [-0.25, -0.2) is 0 Å². The quantitative estimate of drug-likeness (QED) is 0.347. The van der Waals surface area contributed by atoms with Crippen LogP contribution in [0.4, 0.5) is 13.2 Å². The van der Waals surface area contributed by atoms with Gasteiger partial charge in [0, 0.05) is 6.42 Å². The summed E-state index contributed by atoms with van der Waals surface area (Å²) in [6.45, 7) is 0. The van der Waals surface area contributed by atoms with Crippen molar-refractivity contribution >= 4 is 11.8 Å². The van der Waals surface area contributed by atoms with Gasteiger partial charge >= 0.3 is 35.7 Å². The van der Waals surface area contributed by atoms with Gasteiger partial charge in [0.05, 0.1) is 6.42 Å². The second kappa shape index (κ2) is 5.55. The van der Waals surface area contributed by atoms with Crippen molar-refractivity contribution in [1.29, 1.82) is 0 Å². The zero-order chi connectivity index (χ0) is 9.07. The third kappa shape index (κ3) is 8.03. The van der Waals surface area contributed by atoms with Crippen molar-refractivity contribution in [3.05, 3.63) is 0 Å². The first-order valence-electron chi connectivity index (χ1n) is 2.64. The normalized spacial score (nSPS) is 10.2. The molecule has 3 nitrogen and oxygen atoms in total. The van der Waals surface area contributed by atoms with Crippen LogP contribution in [0.1, 0.15) is 12.8 Å². The van der Waals surface area contributed by atoms with Crippen molar-refractivity contribution in [3.8, 4) is 0 Å². The summed E-state index contributed by atoms with van der Waals surface area (Å²) in [4.78, 5) is 19.6. The summed E-state index contributed by atoms with van der Waals surface area (Å²) in [6, 6.07) is 0. The van der Waals surface area contributed by atoms with E-state index in [1.807, 2.05) is 0 Å². The Labute approximate surface area is 88.2 Å². The van der Waals surface area contributed by atoms with E-state index >= 15 is 0 Å². The van der Waals surface area contributed by atoms with Gasteiger partial charge in [0.1, 0.15) is 5.97 Å². The third-order valence-corrected chi connectivity index (χ3v) is 0.863. The number of carbonyl (C=O) groups excluding carboxylic acids is 2. The molecule has 0 aliphatic rings. The van der Waals surface area contributed by atoms with Crippen LogP contribution in [0, 0.1) is 0 Å². The number of hydrogen-bond donors (Lipinski definition) is 0. The first-order valence-corrected chi connectivity index (χ1v) is 2.64. The number of hydrogen-bond acceptors (Lipinski definition) is 3. The predicted octanol–water partition coefficient (Wildman–Crippen LogP) is -3.35. The van der Waals surface area contributed by atoms with Crippen molar-refractivity contribution in [1.82, 2.24) is 0 Å². The second-order valence-corrected chi connectivity index (χ2v) is 1.83. The Kier molecular flexibility index (Phi) is 6.69. The fourth-order valence-electron chi connectivity index (χ4n) is 0.357. The molecule has 0 amide bonds. The molecule has 0 bridgehead atoms. The maximum absolute atomic E-state index is 11.3. The molecule has 0 aromatic heterocycles. The molecule has 0 fully saturated rings. The topological polar surface area (TPSA) is 57.2 Å². The zero-order valence-electron chi connectivity index (χ0n) is 6.27. The summed E-state index contributed by atoms with van der Waals surface area (Å²) < 4.78 is 33.9. The van der Waals surface area contributed by atoms with E-state index in [2.05, 4.69) is 0 Å². The van der Waals surface area contributed by atoms with Crippen LogP contribution in [0.2, 0.25) is 0 Å². The zero-order valence-corrected chi connectivity index (χ0v) is 8.27. The van der Waals surface area contributed by atoms with Gasteiger partial charge in [0.2, 0.25) is 0 Å². The van der Waals surface area contributed by atoms with Crippen LogP contribution < -0.4 is 34.7 Å². The van der Waals surface area contributed by atoms with Crippen LogP contribution in [0.3, 0.4) is 0 Å². The van der Waals surface area contributed by atoms with E-state index < -0.39 is 30.8 Å². The average Bonchev–Trinajstić information content (AvgIpc) is 1.80. The number of carboxylic acids is 1. The molecule has 7 heteroatoms. The first-order chi connectivity index (χ1) is 4.83. The van der Waals surface area contributed by atoms with Gasteiger partial charge < -0.3 is 9.90 Å². The third-order valence-electron chi connectivity index (χ3n) is 0.863. The molecule has 12 heavy (non-hydrogen) atoms. The molecule has 0 rings (SSSR count).